The van der Waals surface area contributed by atoms with Gasteiger partial charge in [-0.25, -0.2) is 4.98 Å². The molecule has 0 fully saturated rings. The summed E-state index contributed by atoms with van der Waals surface area (Å²) in [6.45, 7) is 8.44. The highest BCUT2D eigenvalue weighted by Gasteiger charge is 2.17. The average molecular weight is 493 g/mol. The van der Waals surface area contributed by atoms with Crippen LogP contribution in [0.2, 0.25) is 5.02 Å². The first-order valence-corrected chi connectivity index (χ1v) is 10.5. The van der Waals surface area contributed by atoms with E-state index in [4.69, 9.17) is 21.1 Å². The Morgan fingerprint density at radius 1 is 1.27 bits per heavy atom. The molecule has 0 aliphatic rings. The van der Waals surface area contributed by atoms with E-state index < -0.39 is 0 Å². The van der Waals surface area contributed by atoms with E-state index in [1.807, 2.05) is 6.07 Å². The lowest BCUT2D eigenvalue weighted by Gasteiger charge is -2.21. The summed E-state index contributed by atoms with van der Waals surface area (Å²) in [5.74, 6) is 1.46. The quantitative estimate of drug-likeness (QED) is 0.445. The summed E-state index contributed by atoms with van der Waals surface area (Å²) in [4.78, 5) is 17.3. The van der Waals surface area contributed by atoms with E-state index in [0.717, 1.165) is 4.47 Å². The predicted octanol–water partition coefficient (Wildman–Crippen LogP) is 5.44. The minimum absolute atomic E-state index is 0.0226. The molecule has 0 amide bonds. The van der Waals surface area contributed by atoms with Crippen molar-refractivity contribution in [2.24, 2.45) is 10.5 Å². The predicted molar refractivity (Wildman–Crippen MR) is 124 cm³/mol. The van der Waals surface area contributed by atoms with Gasteiger partial charge in [0.2, 0.25) is 0 Å². The maximum absolute atomic E-state index is 12.9. The van der Waals surface area contributed by atoms with Gasteiger partial charge in [-0.2, -0.15) is 9.78 Å². The molecule has 0 radical (unpaired) electrons. The molecule has 0 aliphatic heterocycles. The molecule has 1 aromatic heterocycles. The molecule has 0 atom stereocenters. The topological polar surface area (TPSA) is 65.7 Å². The second-order valence-corrected chi connectivity index (χ2v) is 9.39. The summed E-state index contributed by atoms with van der Waals surface area (Å²) in [6, 6.07) is 8.86. The van der Waals surface area contributed by atoms with Gasteiger partial charge in [0.05, 0.1) is 35.9 Å². The van der Waals surface area contributed by atoms with Crippen LogP contribution in [0.15, 0.2) is 44.7 Å². The molecule has 3 aromatic rings. The summed E-state index contributed by atoms with van der Waals surface area (Å²) >= 11 is 9.82. The lowest BCUT2D eigenvalue weighted by Crippen LogP contribution is -2.20. The fraction of sp³-hybridized carbons (Fsp3) is 0.318. The zero-order valence-corrected chi connectivity index (χ0v) is 19.8. The second-order valence-electron chi connectivity index (χ2n) is 8.07. The van der Waals surface area contributed by atoms with Gasteiger partial charge >= 0.3 is 0 Å². The molecular weight excluding hydrogens is 470 g/mol. The van der Waals surface area contributed by atoms with Crippen molar-refractivity contribution in [3.8, 4) is 11.5 Å². The smallest absolute Gasteiger partial charge is 0.282 e. The lowest BCUT2D eigenvalue weighted by atomic mass is 9.99. The van der Waals surface area contributed by atoms with Gasteiger partial charge in [-0.1, -0.05) is 48.3 Å². The minimum atomic E-state index is -0.252. The van der Waals surface area contributed by atoms with Crippen LogP contribution in [-0.4, -0.2) is 29.6 Å². The number of aryl methyl sites for hydroxylation is 1. The third kappa shape index (κ3) is 5.02. The maximum Gasteiger partial charge on any atom is 0.282 e. The molecule has 0 N–H and O–H groups in total. The highest BCUT2D eigenvalue weighted by atomic mass is 79.9. The lowest BCUT2D eigenvalue weighted by molar-refractivity contribution is 0.191. The fourth-order valence-electron chi connectivity index (χ4n) is 2.76. The molecule has 6 nitrogen and oxygen atoms in total. The van der Waals surface area contributed by atoms with Gasteiger partial charge in [-0.05, 0) is 48.2 Å². The average Bonchev–Trinajstić information content (AvgIpc) is 2.66. The van der Waals surface area contributed by atoms with Crippen molar-refractivity contribution in [1.82, 2.24) is 9.66 Å². The summed E-state index contributed by atoms with van der Waals surface area (Å²) in [5.41, 5.74) is 1.02. The number of methoxy groups -OCH3 is 1. The van der Waals surface area contributed by atoms with Gasteiger partial charge in [-0.15, -0.1) is 0 Å². The van der Waals surface area contributed by atoms with Gasteiger partial charge in [0.25, 0.3) is 5.56 Å². The van der Waals surface area contributed by atoms with Crippen LogP contribution < -0.4 is 15.0 Å². The number of rotatable bonds is 5. The Kier molecular flexibility index (Phi) is 6.53. The Morgan fingerprint density at radius 2 is 2.00 bits per heavy atom. The molecule has 0 saturated heterocycles. The third-order valence-corrected chi connectivity index (χ3v) is 4.97. The van der Waals surface area contributed by atoms with Crippen LogP contribution in [0, 0.1) is 12.3 Å². The Morgan fingerprint density at radius 3 is 2.67 bits per heavy atom. The van der Waals surface area contributed by atoms with Gasteiger partial charge in [0.15, 0.2) is 11.5 Å². The second kappa shape index (κ2) is 8.78. The molecule has 0 spiro atoms. The molecule has 8 heteroatoms. The summed E-state index contributed by atoms with van der Waals surface area (Å²) in [6.07, 6.45) is 1.54. The van der Waals surface area contributed by atoms with E-state index in [-0.39, 0.29) is 11.0 Å². The summed E-state index contributed by atoms with van der Waals surface area (Å²) in [7, 11) is 1.55. The molecule has 30 heavy (non-hydrogen) atoms. The third-order valence-electron chi connectivity index (χ3n) is 4.19. The van der Waals surface area contributed by atoms with E-state index >= 15 is 0 Å². The fourth-order valence-corrected chi connectivity index (χ4v) is 3.40. The van der Waals surface area contributed by atoms with E-state index in [1.165, 1.54) is 4.68 Å². The zero-order valence-electron chi connectivity index (χ0n) is 17.5. The van der Waals surface area contributed by atoms with Crippen molar-refractivity contribution < 1.29 is 9.47 Å². The number of aromatic nitrogens is 2. The van der Waals surface area contributed by atoms with Gasteiger partial charge < -0.3 is 9.47 Å². The van der Waals surface area contributed by atoms with Crippen molar-refractivity contribution in [3.63, 3.8) is 0 Å². The highest BCUT2D eigenvalue weighted by Crippen LogP contribution is 2.37. The van der Waals surface area contributed by atoms with Crippen molar-refractivity contribution in [2.75, 3.05) is 13.7 Å². The Balaban J connectivity index is 1.98. The normalized spacial score (nSPS) is 12.0. The van der Waals surface area contributed by atoms with Crippen LogP contribution in [0.1, 0.15) is 32.2 Å². The van der Waals surface area contributed by atoms with Crippen molar-refractivity contribution in [1.29, 1.82) is 0 Å². The van der Waals surface area contributed by atoms with Crippen molar-refractivity contribution >= 4 is 44.6 Å². The molecule has 3 rings (SSSR count). The van der Waals surface area contributed by atoms with Gasteiger partial charge in [0, 0.05) is 4.47 Å². The highest BCUT2D eigenvalue weighted by molar-refractivity contribution is 9.10. The number of hydrogen-bond donors (Lipinski definition) is 0. The Bertz CT molecular complexity index is 1180. The monoisotopic (exact) mass is 491 g/mol. The summed E-state index contributed by atoms with van der Waals surface area (Å²) in [5, 5.41) is 5.22. The van der Waals surface area contributed by atoms with Crippen LogP contribution in [0.25, 0.3) is 10.9 Å². The number of ether oxygens (including phenoxy) is 2. The summed E-state index contributed by atoms with van der Waals surface area (Å²) < 4.78 is 13.4. The van der Waals surface area contributed by atoms with E-state index in [1.54, 1.807) is 44.5 Å². The molecule has 0 bridgehead atoms. The maximum atomic E-state index is 12.9. The Labute approximate surface area is 188 Å². The first-order valence-electron chi connectivity index (χ1n) is 9.32. The molecule has 0 saturated carbocycles. The van der Waals surface area contributed by atoms with Crippen LogP contribution in [-0.2, 0) is 0 Å². The molecule has 2 aromatic carbocycles. The number of fused-ring (bicyclic) bond motifs is 1. The largest absolute Gasteiger partial charge is 0.493 e. The van der Waals surface area contributed by atoms with Gasteiger partial charge in [-0.3, -0.25) is 4.79 Å². The number of nitrogens with zero attached hydrogens (tertiary/aromatic N) is 3. The Hall–Kier alpha value is -2.38. The molecule has 1 heterocycles. The van der Waals surface area contributed by atoms with Crippen LogP contribution in [0.5, 0.6) is 11.5 Å². The first-order chi connectivity index (χ1) is 14.1. The minimum Gasteiger partial charge on any atom is -0.493 e. The van der Waals surface area contributed by atoms with Crippen molar-refractivity contribution in [3.05, 3.63) is 61.6 Å². The van der Waals surface area contributed by atoms with E-state index in [9.17, 15) is 4.79 Å². The molecular formula is C22H23BrClN3O3. The molecule has 158 valence electrons. The van der Waals surface area contributed by atoms with E-state index in [0.29, 0.717) is 45.4 Å². The zero-order chi connectivity index (χ0) is 22.1. The number of hydrogen-bond acceptors (Lipinski definition) is 5. The molecule has 0 aliphatic carbocycles. The van der Waals surface area contributed by atoms with Crippen LogP contribution in [0.4, 0.5) is 0 Å². The number of halogens is 2. The van der Waals surface area contributed by atoms with Gasteiger partial charge in [0.1, 0.15) is 5.82 Å². The standard InChI is InChI=1S/C22H23BrClN3O3/c1-13-26-18-7-6-15(23)10-16(18)21(28)27(13)25-11-14-8-17(24)20(19(9-14)29-5)30-12-22(2,3)4/h6-11H,12H2,1-5H3. The van der Waals surface area contributed by atoms with Crippen LogP contribution >= 0.6 is 27.5 Å². The van der Waals surface area contributed by atoms with Crippen molar-refractivity contribution in [2.45, 2.75) is 27.7 Å². The van der Waals surface area contributed by atoms with Crippen LogP contribution in [0.3, 0.4) is 0 Å². The molecule has 0 unspecified atom stereocenters. The number of benzene rings is 2. The first kappa shape index (κ1) is 22.3. The SMILES string of the molecule is COc1cc(C=Nn2c(C)nc3ccc(Br)cc3c2=O)cc(Cl)c1OCC(C)(C)C. The van der Waals surface area contributed by atoms with E-state index in [2.05, 4.69) is 46.8 Å².